The summed E-state index contributed by atoms with van der Waals surface area (Å²) in [6.45, 7) is 3.92. The van der Waals surface area contributed by atoms with Crippen LogP contribution >= 0.6 is 11.6 Å². The standard InChI is InChI=1S/C11H13ClO2/c1-8(2)14-10-5-3-4-9(6-10)7-11(12)13/h3-6,8H,7H2,1-2H3. The van der Waals surface area contributed by atoms with Crippen LogP contribution in [0.2, 0.25) is 0 Å². The van der Waals surface area contributed by atoms with Gasteiger partial charge in [0.05, 0.1) is 6.10 Å². The molecule has 14 heavy (non-hydrogen) atoms. The highest BCUT2D eigenvalue weighted by atomic mass is 35.5. The minimum Gasteiger partial charge on any atom is -0.491 e. The number of carbonyl (C=O) groups is 1. The minimum absolute atomic E-state index is 0.136. The van der Waals surface area contributed by atoms with Gasteiger partial charge in [0.2, 0.25) is 5.24 Å². The van der Waals surface area contributed by atoms with Crippen LogP contribution in [0, 0.1) is 0 Å². The minimum atomic E-state index is -0.355. The third-order valence-electron chi connectivity index (χ3n) is 1.61. The summed E-state index contributed by atoms with van der Waals surface area (Å²) < 4.78 is 5.48. The van der Waals surface area contributed by atoms with Gasteiger partial charge in [0.1, 0.15) is 5.75 Å². The number of hydrogen-bond acceptors (Lipinski definition) is 2. The van der Waals surface area contributed by atoms with Gasteiger partial charge in [-0.15, -0.1) is 0 Å². The summed E-state index contributed by atoms with van der Waals surface area (Å²) in [4.78, 5) is 10.7. The first-order chi connectivity index (χ1) is 6.58. The fraction of sp³-hybridized carbons (Fsp3) is 0.364. The Morgan fingerprint density at radius 2 is 2.21 bits per heavy atom. The molecule has 0 heterocycles. The Morgan fingerprint density at radius 3 is 2.79 bits per heavy atom. The van der Waals surface area contributed by atoms with E-state index in [9.17, 15) is 4.79 Å². The molecule has 1 aromatic carbocycles. The fourth-order valence-electron chi connectivity index (χ4n) is 1.16. The van der Waals surface area contributed by atoms with Crippen molar-refractivity contribution in [3.8, 4) is 5.75 Å². The van der Waals surface area contributed by atoms with Gasteiger partial charge in [-0.2, -0.15) is 0 Å². The number of carbonyl (C=O) groups excluding carboxylic acids is 1. The van der Waals surface area contributed by atoms with Crippen molar-refractivity contribution in [3.63, 3.8) is 0 Å². The van der Waals surface area contributed by atoms with Crippen LogP contribution < -0.4 is 4.74 Å². The predicted molar refractivity (Wildman–Crippen MR) is 56.8 cm³/mol. The summed E-state index contributed by atoms with van der Waals surface area (Å²) in [6.07, 6.45) is 0.383. The molecule has 0 aliphatic carbocycles. The lowest BCUT2D eigenvalue weighted by Gasteiger charge is -2.10. The zero-order valence-corrected chi connectivity index (χ0v) is 9.04. The van der Waals surface area contributed by atoms with E-state index >= 15 is 0 Å². The van der Waals surface area contributed by atoms with Crippen LogP contribution in [0.3, 0.4) is 0 Å². The molecule has 0 spiro atoms. The quantitative estimate of drug-likeness (QED) is 0.718. The van der Waals surface area contributed by atoms with E-state index in [0.717, 1.165) is 11.3 Å². The molecule has 1 rings (SSSR count). The SMILES string of the molecule is CC(C)Oc1cccc(CC(=O)Cl)c1. The van der Waals surface area contributed by atoms with Crippen molar-refractivity contribution in [2.75, 3.05) is 0 Å². The Morgan fingerprint density at radius 1 is 1.50 bits per heavy atom. The zero-order chi connectivity index (χ0) is 10.6. The van der Waals surface area contributed by atoms with E-state index < -0.39 is 0 Å². The number of benzene rings is 1. The summed E-state index contributed by atoms with van der Waals surface area (Å²) in [6, 6.07) is 7.41. The first kappa shape index (κ1) is 11.1. The monoisotopic (exact) mass is 212 g/mol. The van der Waals surface area contributed by atoms with Crippen LogP contribution in [-0.2, 0) is 11.2 Å². The van der Waals surface area contributed by atoms with Gasteiger partial charge in [-0.25, -0.2) is 0 Å². The number of halogens is 1. The molecule has 0 N–H and O–H groups in total. The third kappa shape index (κ3) is 3.79. The molecule has 1 aromatic rings. The Labute approximate surface area is 88.8 Å². The van der Waals surface area contributed by atoms with Crippen LogP contribution in [0.15, 0.2) is 24.3 Å². The van der Waals surface area contributed by atoms with Gasteiger partial charge in [0.25, 0.3) is 0 Å². The van der Waals surface area contributed by atoms with Crippen molar-refractivity contribution in [1.82, 2.24) is 0 Å². The van der Waals surface area contributed by atoms with Gasteiger partial charge < -0.3 is 4.74 Å². The summed E-state index contributed by atoms with van der Waals surface area (Å²) in [5.74, 6) is 0.774. The van der Waals surface area contributed by atoms with Crippen molar-refractivity contribution in [3.05, 3.63) is 29.8 Å². The van der Waals surface area contributed by atoms with E-state index in [1.54, 1.807) is 0 Å². The Bertz CT molecular complexity index is 321. The molecule has 0 fully saturated rings. The lowest BCUT2D eigenvalue weighted by Crippen LogP contribution is -2.05. The van der Waals surface area contributed by atoms with Gasteiger partial charge in [0, 0.05) is 6.42 Å². The fourth-order valence-corrected chi connectivity index (χ4v) is 1.32. The molecule has 0 amide bonds. The third-order valence-corrected chi connectivity index (χ3v) is 1.75. The topological polar surface area (TPSA) is 26.3 Å². The summed E-state index contributed by atoms with van der Waals surface area (Å²) >= 11 is 5.29. The normalized spacial score (nSPS) is 10.3. The lowest BCUT2D eigenvalue weighted by atomic mass is 10.1. The van der Waals surface area contributed by atoms with E-state index in [0.29, 0.717) is 0 Å². The van der Waals surface area contributed by atoms with Gasteiger partial charge in [0.15, 0.2) is 0 Å². The molecule has 0 bridgehead atoms. The Balaban J connectivity index is 2.73. The molecule has 0 atom stereocenters. The largest absolute Gasteiger partial charge is 0.491 e. The average Bonchev–Trinajstić information content (AvgIpc) is 2.01. The highest BCUT2D eigenvalue weighted by Gasteiger charge is 2.02. The average molecular weight is 213 g/mol. The number of hydrogen-bond donors (Lipinski definition) is 0. The predicted octanol–water partition coefficient (Wildman–Crippen LogP) is 2.78. The molecule has 0 unspecified atom stereocenters. The maximum absolute atomic E-state index is 10.7. The second kappa shape index (κ2) is 5.01. The van der Waals surface area contributed by atoms with E-state index in [1.807, 2.05) is 38.1 Å². The van der Waals surface area contributed by atoms with Crippen molar-refractivity contribution in [2.45, 2.75) is 26.4 Å². The molecule has 2 nitrogen and oxygen atoms in total. The zero-order valence-electron chi connectivity index (χ0n) is 8.29. The van der Waals surface area contributed by atoms with Crippen molar-refractivity contribution in [1.29, 1.82) is 0 Å². The van der Waals surface area contributed by atoms with Gasteiger partial charge >= 0.3 is 0 Å². The summed E-state index contributed by atoms with van der Waals surface area (Å²) in [7, 11) is 0. The van der Waals surface area contributed by atoms with Crippen LogP contribution in [-0.4, -0.2) is 11.3 Å². The Hall–Kier alpha value is -1.02. The van der Waals surface area contributed by atoms with E-state index in [-0.39, 0.29) is 17.8 Å². The van der Waals surface area contributed by atoms with Crippen LogP contribution in [0.25, 0.3) is 0 Å². The van der Waals surface area contributed by atoms with Crippen molar-refractivity contribution >= 4 is 16.8 Å². The van der Waals surface area contributed by atoms with Crippen LogP contribution in [0.4, 0.5) is 0 Å². The second-order valence-electron chi connectivity index (χ2n) is 3.35. The summed E-state index contributed by atoms with van der Waals surface area (Å²) in [5, 5.41) is -0.355. The van der Waals surface area contributed by atoms with Crippen molar-refractivity contribution in [2.24, 2.45) is 0 Å². The molecular formula is C11H13ClO2. The van der Waals surface area contributed by atoms with Crippen LogP contribution in [0.1, 0.15) is 19.4 Å². The Kier molecular flexibility index (Phi) is 3.96. The first-order valence-corrected chi connectivity index (χ1v) is 4.89. The number of ether oxygens (including phenoxy) is 1. The molecule has 0 saturated carbocycles. The van der Waals surface area contributed by atoms with Crippen molar-refractivity contribution < 1.29 is 9.53 Å². The molecule has 76 valence electrons. The molecular weight excluding hydrogens is 200 g/mol. The smallest absolute Gasteiger partial charge is 0.226 e. The molecule has 0 aromatic heterocycles. The highest BCUT2D eigenvalue weighted by Crippen LogP contribution is 2.15. The number of rotatable bonds is 4. The summed E-state index contributed by atoms with van der Waals surface area (Å²) in [5.41, 5.74) is 0.878. The van der Waals surface area contributed by atoms with Gasteiger partial charge in [-0.1, -0.05) is 12.1 Å². The lowest BCUT2D eigenvalue weighted by molar-refractivity contribution is -0.111. The van der Waals surface area contributed by atoms with Gasteiger partial charge in [-0.3, -0.25) is 4.79 Å². The van der Waals surface area contributed by atoms with E-state index in [4.69, 9.17) is 16.3 Å². The van der Waals surface area contributed by atoms with Gasteiger partial charge in [-0.05, 0) is 43.1 Å². The highest BCUT2D eigenvalue weighted by molar-refractivity contribution is 6.63. The molecule has 0 saturated heterocycles. The van der Waals surface area contributed by atoms with E-state index in [1.165, 1.54) is 0 Å². The second-order valence-corrected chi connectivity index (χ2v) is 3.77. The molecule has 0 aliphatic rings. The molecule has 0 aliphatic heterocycles. The van der Waals surface area contributed by atoms with E-state index in [2.05, 4.69) is 0 Å². The van der Waals surface area contributed by atoms with Crippen LogP contribution in [0.5, 0.6) is 5.75 Å². The maximum Gasteiger partial charge on any atom is 0.226 e. The molecule has 0 radical (unpaired) electrons. The first-order valence-electron chi connectivity index (χ1n) is 4.52. The maximum atomic E-state index is 10.7. The molecule has 3 heteroatoms.